The Labute approximate surface area is 146 Å². The summed E-state index contributed by atoms with van der Waals surface area (Å²) >= 11 is 0. The molecule has 3 rings (SSSR count). The monoisotopic (exact) mass is 340 g/mol. The van der Waals surface area contributed by atoms with Crippen LogP contribution in [0.1, 0.15) is 15.9 Å². The van der Waals surface area contributed by atoms with Crippen molar-refractivity contribution in [3.63, 3.8) is 0 Å². The zero-order valence-electron chi connectivity index (χ0n) is 14.1. The molecular weight excluding hydrogens is 320 g/mol. The lowest BCUT2D eigenvalue weighted by Crippen LogP contribution is -2.50. The van der Waals surface area contributed by atoms with Gasteiger partial charge in [-0.3, -0.25) is 4.79 Å². The minimum Gasteiger partial charge on any atom is -0.452 e. The van der Waals surface area contributed by atoms with E-state index in [9.17, 15) is 9.59 Å². The highest BCUT2D eigenvalue weighted by Gasteiger charge is 2.23. The summed E-state index contributed by atoms with van der Waals surface area (Å²) < 4.78 is 5.13. The molecule has 0 bridgehead atoms. The molecule has 0 aliphatic carbocycles. The van der Waals surface area contributed by atoms with E-state index in [1.54, 1.807) is 35.5 Å². The smallest absolute Gasteiger partial charge is 0.338 e. The van der Waals surface area contributed by atoms with E-state index in [1.807, 2.05) is 24.0 Å². The van der Waals surface area contributed by atoms with E-state index in [-0.39, 0.29) is 12.5 Å². The lowest BCUT2D eigenvalue weighted by Gasteiger charge is -2.34. The molecule has 1 aromatic carbocycles. The largest absolute Gasteiger partial charge is 0.452 e. The summed E-state index contributed by atoms with van der Waals surface area (Å²) in [6.07, 6.45) is 3.40. The van der Waals surface area contributed by atoms with Crippen LogP contribution in [0, 0.1) is 6.92 Å². The number of carbonyl (C=O) groups excluding carboxylic acids is 2. The van der Waals surface area contributed by atoms with E-state index in [2.05, 4.69) is 9.97 Å². The molecule has 25 heavy (non-hydrogen) atoms. The van der Waals surface area contributed by atoms with Crippen molar-refractivity contribution < 1.29 is 14.3 Å². The van der Waals surface area contributed by atoms with Gasteiger partial charge in [-0.1, -0.05) is 17.7 Å². The molecular formula is C18H20N4O3. The maximum Gasteiger partial charge on any atom is 0.338 e. The van der Waals surface area contributed by atoms with Gasteiger partial charge in [0.2, 0.25) is 5.95 Å². The molecule has 0 saturated carbocycles. The van der Waals surface area contributed by atoms with Crippen LogP contribution in [0.2, 0.25) is 0 Å². The summed E-state index contributed by atoms with van der Waals surface area (Å²) in [5, 5.41) is 0. The second kappa shape index (κ2) is 7.74. The van der Waals surface area contributed by atoms with Crippen molar-refractivity contribution in [3.8, 4) is 0 Å². The number of aromatic nitrogens is 2. The van der Waals surface area contributed by atoms with Crippen molar-refractivity contribution in [2.24, 2.45) is 0 Å². The van der Waals surface area contributed by atoms with Crippen molar-refractivity contribution in [2.45, 2.75) is 6.92 Å². The van der Waals surface area contributed by atoms with E-state index in [0.29, 0.717) is 37.7 Å². The number of carbonyl (C=O) groups is 2. The number of nitrogens with zero attached hydrogens (tertiary/aromatic N) is 4. The molecule has 130 valence electrons. The number of hydrogen-bond acceptors (Lipinski definition) is 6. The lowest BCUT2D eigenvalue weighted by molar-refractivity contribution is -0.134. The summed E-state index contributed by atoms with van der Waals surface area (Å²) in [5.74, 6) is -0.000777. The van der Waals surface area contributed by atoms with Crippen molar-refractivity contribution in [3.05, 3.63) is 53.9 Å². The predicted octanol–water partition coefficient (Wildman–Crippen LogP) is 1.29. The molecule has 0 radical (unpaired) electrons. The number of aryl methyl sites for hydroxylation is 1. The molecule has 1 saturated heterocycles. The first kappa shape index (κ1) is 16.9. The Morgan fingerprint density at radius 3 is 2.32 bits per heavy atom. The van der Waals surface area contributed by atoms with Crippen LogP contribution in [0.4, 0.5) is 5.95 Å². The molecule has 0 spiro atoms. The van der Waals surface area contributed by atoms with Gasteiger partial charge in [-0.05, 0) is 25.1 Å². The van der Waals surface area contributed by atoms with E-state index in [0.717, 1.165) is 5.56 Å². The Bertz CT molecular complexity index is 726. The van der Waals surface area contributed by atoms with E-state index >= 15 is 0 Å². The van der Waals surface area contributed by atoms with Gasteiger partial charge in [-0.15, -0.1) is 0 Å². The topological polar surface area (TPSA) is 75.6 Å². The normalized spacial score (nSPS) is 14.3. The molecule has 0 atom stereocenters. The van der Waals surface area contributed by atoms with Crippen LogP contribution in [0.15, 0.2) is 42.7 Å². The third-order valence-electron chi connectivity index (χ3n) is 4.08. The third-order valence-corrected chi connectivity index (χ3v) is 4.08. The molecule has 2 heterocycles. The van der Waals surface area contributed by atoms with E-state index < -0.39 is 5.97 Å². The van der Waals surface area contributed by atoms with Crippen LogP contribution in [-0.4, -0.2) is 59.5 Å². The molecule has 1 amide bonds. The van der Waals surface area contributed by atoms with Gasteiger partial charge >= 0.3 is 5.97 Å². The fourth-order valence-electron chi connectivity index (χ4n) is 2.60. The minimum absolute atomic E-state index is 0.186. The Kier molecular flexibility index (Phi) is 5.23. The average molecular weight is 340 g/mol. The van der Waals surface area contributed by atoms with Crippen LogP contribution >= 0.6 is 0 Å². The molecule has 0 N–H and O–H groups in total. The summed E-state index contributed by atoms with van der Waals surface area (Å²) in [4.78, 5) is 36.3. The van der Waals surface area contributed by atoms with Gasteiger partial charge in [0, 0.05) is 38.6 Å². The van der Waals surface area contributed by atoms with Crippen LogP contribution in [0.5, 0.6) is 0 Å². The minimum atomic E-state index is -0.482. The molecule has 1 aliphatic heterocycles. The summed E-state index contributed by atoms with van der Waals surface area (Å²) in [5.41, 5.74) is 1.51. The second-order valence-electron chi connectivity index (χ2n) is 5.86. The number of esters is 1. The first-order valence-corrected chi connectivity index (χ1v) is 8.17. The first-order chi connectivity index (χ1) is 12.1. The SMILES string of the molecule is Cc1ccc(C(=O)OCC(=O)N2CCN(c3ncccn3)CC2)cc1. The Morgan fingerprint density at radius 1 is 1.04 bits per heavy atom. The first-order valence-electron chi connectivity index (χ1n) is 8.17. The molecule has 7 heteroatoms. The number of piperazine rings is 1. The maximum absolute atomic E-state index is 12.2. The highest BCUT2D eigenvalue weighted by molar-refractivity contribution is 5.91. The van der Waals surface area contributed by atoms with E-state index in [4.69, 9.17) is 4.74 Å². The molecule has 1 fully saturated rings. The van der Waals surface area contributed by atoms with Gasteiger partial charge in [0.25, 0.3) is 5.91 Å². The summed E-state index contributed by atoms with van der Waals surface area (Å²) in [6.45, 7) is 4.12. The van der Waals surface area contributed by atoms with Crippen LogP contribution in [0.3, 0.4) is 0 Å². The van der Waals surface area contributed by atoms with Crippen molar-refractivity contribution in [1.29, 1.82) is 0 Å². The molecule has 1 aliphatic rings. The van der Waals surface area contributed by atoms with E-state index in [1.165, 1.54) is 0 Å². The zero-order chi connectivity index (χ0) is 17.6. The van der Waals surface area contributed by atoms with Crippen molar-refractivity contribution in [2.75, 3.05) is 37.7 Å². The quantitative estimate of drug-likeness (QED) is 0.781. The number of hydrogen-bond donors (Lipinski definition) is 0. The van der Waals surface area contributed by atoms with Crippen molar-refractivity contribution in [1.82, 2.24) is 14.9 Å². The Hall–Kier alpha value is -2.96. The van der Waals surface area contributed by atoms with Gasteiger partial charge < -0.3 is 14.5 Å². The number of ether oxygens (including phenoxy) is 1. The second-order valence-corrected chi connectivity index (χ2v) is 5.86. The molecule has 1 aromatic heterocycles. The number of amides is 1. The fraction of sp³-hybridized carbons (Fsp3) is 0.333. The molecule has 2 aromatic rings. The van der Waals surface area contributed by atoms with Crippen molar-refractivity contribution >= 4 is 17.8 Å². The summed E-state index contributed by atoms with van der Waals surface area (Å²) in [7, 11) is 0. The Morgan fingerprint density at radius 2 is 1.68 bits per heavy atom. The standard InChI is InChI=1S/C18H20N4O3/c1-14-3-5-15(6-4-14)17(24)25-13-16(23)21-9-11-22(12-10-21)18-19-7-2-8-20-18/h2-8H,9-13H2,1H3. The van der Waals surface area contributed by atoms with Gasteiger partial charge in [-0.25, -0.2) is 14.8 Å². The number of rotatable bonds is 4. The number of benzene rings is 1. The maximum atomic E-state index is 12.2. The van der Waals surface area contributed by atoms with Crippen LogP contribution < -0.4 is 4.90 Å². The van der Waals surface area contributed by atoms with Crippen LogP contribution in [0.25, 0.3) is 0 Å². The molecule has 0 unspecified atom stereocenters. The predicted molar refractivity (Wildman–Crippen MR) is 92.3 cm³/mol. The molecule has 7 nitrogen and oxygen atoms in total. The average Bonchev–Trinajstić information content (AvgIpc) is 2.67. The summed E-state index contributed by atoms with van der Waals surface area (Å²) in [6, 6.07) is 8.83. The zero-order valence-corrected chi connectivity index (χ0v) is 14.1. The van der Waals surface area contributed by atoms with Crippen LogP contribution in [-0.2, 0) is 9.53 Å². The van der Waals surface area contributed by atoms with Gasteiger partial charge in [0.15, 0.2) is 6.61 Å². The Balaban J connectivity index is 1.46. The van der Waals surface area contributed by atoms with Gasteiger partial charge in [0.1, 0.15) is 0 Å². The fourth-order valence-corrected chi connectivity index (χ4v) is 2.60. The number of anilines is 1. The highest BCUT2D eigenvalue weighted by Crippen LogP contribution is 2.10. The van der Waals surface area contributed by atoms with Gasteiger partial charge in [-0.2, -0.15) is 0 Å². The van der Waals surface area contributed by atoms with Gasteiger partial charge in [0.05, 0.1) is 5.56 Å². The lowest BCUT2D eigenvalue weighted by atomic mass is 10.1. The third kappa shape index (κ3) is 4.32. The highest BCUT2D eigenvalue weighted by atomic mass is 16.5.